The second kappa shape index (κ2) is 5.42. The second-order valence-corrected chi connectivity index (χ2v) is 6.19. The SMILES string of the molecule is c1cc2c(cc1CNCC1CNC1)CCCS2. The maximum absolute atomic E-state index is 3.56. The minimum Gasteiger partial charge on any atom is -0.316 e. The molecule has 3 heteroatoms. The fraction of sp³-hybridized carbons (Fsp3) is 0.571. The molecule has 0 radical (unpaired) electrons. The molecule has 1 fully saturated rings. The van der Waals surface area contributed by atoms with Gasteiger partial charge in [0.05, 0.1) is 0 Å². The van der Waals surface area contributed by atoms with Gasteiger partial charge in [-0.15, -0.1) is 11.8 Å². The lowest BCUT2D eigenvalue weighted by molar-refractivity contribution is 0.331. The van der Waals surface area contributed by atoms with Crippen molar-refractivity contribution in [3.05, 3.63) is 29.3 Å². The molecule has 2 N–H and O–H groups in total. The number of rotatable bonds is 4. The van der Waals surface area contributed by atoms with Gasteiger partial charge in [0.2, 0.25) is 0 Å². The van der Waals surface area contributed by atoms with Crippen LogP contribution in [0.2, 0.25) is 0 Å². The number of hydrogen-bond acceptors (Lipinski definition) is 3. The van der Waals surface area contributed by atoms with Crippen molar-refractivity contribution in [2.75, 3.05) is 25.4 Å². The van der Waals surface area contributed by atoms with Gasteiger partial charge in [0.15, 0.2) is 0 Å². The van der Waals surface area contributed by atoms with E-state index in [0.29, 0.717) is 0 Å². The topological polar surface area (TPSA) is 24.1 Å². The van der Waals surface area contributed by atoms with Gasteiger partial charge in [-0.1, -0.05) is 12.1 Å². The largest absolute Gasteiger partial charge is 0.316 e. The molecule has 0 spiro atoms. The Morgan fingerprint density at radius 2 is 2.29 bits per heavy atom. The van der Waals surface area contributed by atoms with Crippen LogP contribution in [0.1, 0.15) is 17.5 Å². The molecule has 0 atom stereocenters. The zero-order valence-electron chi connectivity index (χ0n) is 10.2. The molecule has 2 heterocycles. The van der Waals surface area contributed by atoms with Crippen LogP contribution in [0, 0.1) is 5.92 Å². The molecular weight excluding hydrogens is 228 g/mol. The molecule has 0 amide bonds. The number of aryl methyl sites for hydroxylation is 1. The van der Waals surface area contributed by atoms with Crippen LogP contribution in [0.3, 0.4) is 0 Å². The number of thioether (sulfide) groups is 1. The molecule has 17 heavy (non-hydrogen) atoms. The lowest BCUT2D eigenvalue weighted by Gasteiger charge is -2.27. The molecule has 2 nitrogen and oxygen atoms in total. The van der Waals surface area contributed by atoms with Crippen molar-refractivity contribution >= 4 is 11.8 Å². The summed E-state index contributed by atoms with van der Waals surface area (Å²) in [6.45, 7) is 4.55. The van der Waals surface area contributed by atoms with E-state index in [0.717, 1.165) is 19.0 Å². The van der Waals surface area contributed by atoms with Crippen molar-refractivity contribution in [2.45, 2.75) is 24.3 Å². The van der Waals surface area contributed by atoms with Crippen LogP contribution in [0.15, 0.2) is 23.1 Å². The summed E-state index contributed by atoms with van der Waals surface area (Å²) in [6, 6.07) is 6.98. The maximum Gasteiger partial charge on any atom is 0.0205 e. The van der Waals surface area contributed by atoms with Crippen molar-refractivity contribution < 1.29 is 0 Å². The number of fused-ring (bicyclic) bond motifs is 1. The van der Waals surface area contributed by atoms with Gasteiger partial charge in [0, 0.05) is 31.1 Å². The van der Waals surface area contributed by atoms with E-state index < -0.39 is 0 Å². The summed E-state index contributed by atoms with van der Waals surface area (Å²) >= 11 is 2.01. The van der Waals surface area contributed by atoms with Crippen LogP contribution < -0.4 is 10.6 Å². The Hall–Kier alpha value is -0.510. The summed E-state index contributed by atoms with van der Waals surface area (Å²) in [5.74, 6) is 2.14. The monoisotopic (exact) mass is 248 g/mol. The number of hydrogen-bond donors (Lipinski definition) is 2. The van der Waals surface area contributed by atoms with Gasteiger partial charge in [0.25, 0.3) is 0 Å². The van der Waals surface area contributed by atoms with Crippen molar-refractivity contribution in [3.63, 3.8) is 0 Å². The smallest absolute Gasteiger partial charge is 0.0205 e. The fourth-order valence-electron chi connectivity index (χ4n) is 2.44. The summed E-state index contributed by atoms with van der Waals surface area (Å²) in [7, 11) is 0. The Kier molecular flexibility index (Phi) is 3.69. The van der Waals surface area contributed by atoms with E-state index in [1.165, 1.54) is 42.1 Å². The molecule has 92 valence electrons. The molecule has 2 aliphatic heterocycles. The van der Waals surface area contributed by atoms with Gasteiger partial charge in [-0.2, -0.15) is 0 Å². The Morgan fingerprint density at radius 3 is 3.12 bits per heavy atom. The van der Waals surface area contributed by atoms with Gasteiger partial charge in [-0.3, -0.25) is 0 Å². The lowest BCUT2D eigenvalue weighted by atomic mass is 10.0. The summed E-state index contributed by atoms with van der Waals surface area (Å²) in [6.07, 6.45) is 2.60. The second-order valence-electron chi connectivity index (χ2n) is 5.05. The Morgan fingerprint density at radius 1 is 1.35 bits per heavy atom. The summed E-state index contributed by atoms with van der Waals surface area (Å²) in [4.78, 5) is 1.50. The molecule has 2 aliphatic rings. The van der Waals surface area contributed by atoms with Gasteiger partial charge < -0.3 is 10.6 Å². The van der Waals surface area contributed by atoms with Crippen LogP contribution in [-0.2, 0) is 13.0 Å². The normalized spacial score (nSPS) is 19.8. The Balaban J connectivity index is 1.55. The number of benzene rings is 1. The predicted octanol–water partition coefficient (Wildman–Crippen LogP) is 2.03. The molecular formula is C14H20N2S. The van der Waals surface area contributed by atoms with E-state index in [9.17, 15) is 0 Å². The van der Waals surface area contributed by atoms with Crippen LogP contribution in [-0.4, -0.2) is 25.4 Å². The van der Waals surface area contributed by atoms with Gasteiger partial charge in [0.1, 0.15) is 0 Å². The maximum atomic E-state index is 3.56. The third-order valence-corrected chi connectivity index (χ3v) is 4.80. The van der Waals surface area contributed by atoms with Crippen LogP contribution >= 0.6 is 11.8 Å². The minimum atomic E-state index is 0.850. The zero-order valence-corrected chi connectivity index (χ0v) is 11.0. The van der Waals surface area contributed by atoms with Crippen LogP contribution in [0.25, 0.3) is 0 Å². The molecule has 3 rings (SSSR count). The first kappa shape index (κ1) is 11.6. The minimum absolute atomic E-state index is 0.850. The molecule has 0 aromatic heterocycles. The predicted molar refractivity (Wildman–Crippen MR) is 73.6 cm³/mol. The molecule has 0 saturated carbocycles. The first-order chi connectivity index (χ1) is 8.42. The third kappa shape index (κ3) is 2.84. The Bertz CT molecular complexity index is 388. The van der Waals surface area contributed by atoms with Crippen LogP contribution in [0.5, 0.6) is 0 Å². The van der Waals surface area contributed by atoms with E-state index in [1.807, 2.05) is 11.8 Å². The van der Waals surface area contributed by atoms with Crippen molar-refractivity contribution in [3.8, 4) is 0 Å². The highest BCUT2D eigenvalue weighted by Gasteiger charge is 2.15. The van der Waals surface area contributed by atoms with Gasteiger partial charge in [-0.05, 0) is 41.7 Å². The average molecular weight is 248 g/mol. The first-order valence-corrected chi connectivity index (χ1v) is 7.56. The highest BCUT2D eigenvalue weighted by molar-refractivity contribution is 7.99. The summed E-state index contributed by atoms with van der Waals surface area (Å²) in [5.41, 5.74) is 3.00. The number of nitrogens with one attached hydrogen (secondary N) is 2. The average Bonchev–Trinajstić information content (AvgIpc) is 2.32. The highest BCUT2D eigenvalue weighted by atomic mass is 32.2. The van der Waals surface area contributed by atoms with Gasteiger partial charge in [-0.25, -0.2) is 0 Å². The highest BCUT2D eigenvalue weighted by Crippen LogP contribution is 2.30. The fourth-order valence-corrected chi connectivity index (χ4v) is 3.46. The van der Waals surface area contributed by atoms with E-state index in [2.05, 4.69) is 28.8 Å². The zero-order chi connectivity index (χ0) is 11.5. The van der Waals surface area contributed by atoms with E-state index in [1.54, 1.807) is 5.56 Å². The summed E-state index contributed by atoms with van der Waals surface area (Å²) in [5, 5.41) is 6.87. The molecule has 1 aromatic carbocycles. The van der Waals surface area contributed by atoms with Crippen LogP contribution in [0.4, 0.5) is 0 Å². The lowest BCUT2D eigenvalue weighted by Crippen LogP contribution is -2.47. The van der Waals surface area contributed by atoms with Crippen molar-refractivity contribution in [1.82, 2.24) is 10.6 Å². The molecule has 1 aromatic rings. The molecule has 1 saturated heterocycles. The van der Waals surface area contributed by atoms with E-state index in [-0.39, 0.29) is 0 Å². The quantitative estimate of drug-likeness (QED) is 0.852. The standard InChI is InChI=1S/C14H20N2S/c1-2-13-6-11(3-4-14(13)17-5-1)7-15-8-12-9-16-10-12/h3-4,6,12,15-16H,1-2,5,7-10H2. The first-order valence-electron chi connectivity index (χ1n) is 6.58. The van der Waals surface area contributed by atoms with E-state index in [4.69, 9.17) is 0 Å². The van der Waals surface area contributed by atoms with E-state index >= 15 is 0 Å². The molecule has 0 aliphatic carbocycles. The summed E-state index contributed by atoms with van der Waals surface area (Å²) < 4.78 is 0. The third-order valence-electron chi connectivity index (χ3n) is 3.60. The van der Waals surface area contributed by atoms with Crippen molar-refractivity contribution in [1.29, 1.82) is 0 Å². The molecule has 0 bridgehead atoms. The Labute approximate surface area is 108 Å². The molecule has 0 unspecified atom stereocenters. The van der Waals surface area contributed by atoms with Crippen molar-refractivity contribution in [2.24, 2.45) is 5.92 Å². The van der Waals surface area contributed by atoms with Gasteiger partial charge >= 0.3 is 0 Å².